The van der Waals surface area contributed by atoms with Gasteiger partial charge in [0.15, 0.2) is 4.96 Å². The van der Waals surface area contributed by atoms with Crippen LogP contribution in [0.15, 0.2) is 36.1 Å². The van der Waals surface area contributed by atoms with Gasteiger partial charge in [-0.25, -0.2) is 9.97 Å². The molecule has 0 bridgehead atoms. The molecular weight excluding hydrogens is 274 g/mol. The lowest BCUT2D eigenvalue weighted by atomic mass is 10.2. The van der Waals surface area contributed by atoms with E-state index in [1.54, 1.807) is 23.5 Å². The minimum Gasteiger partial charge on any atom is -0.370 e. The van der Waals surface area contributed by atoms with E-state index in [-0.39, 0.29) is 0 Å². The lowest BCUT2D eigenvalue weighted by Crippen LogP contribution is -2.12. The van der Waals surface area contributed by atoms with Gasteiger partial charge >= 0.3 is 0 Å². The van der Waals surface area contributed by atoms with E-state index in [1.165, 1.54) is 6.20 Å². The average molecular weight is 287 g/mol. The molecule has 3 aromatic rings. The van der Waals surface area contributed by atoms with E-state index in [0.29, 0.717) is 5.56 Å². The predicted octanol–water partition coefficient (Wildman–Crippen LogP) is 1.54. The highest BCUT2D eigenvalue weighted by Crippen LogP contribution is 2.12. The molecule has 3 N–H and O–H groups in total. The molecule has 3 heterocycles. The first-order valence-electron chi connectivity index (χ1n) is 6.13. The van der Waals surface area contributed by atoms with Crippen LogP contribution >= 0.6 is 11.3 Å². The number of amides is 1. The van der Waals surface area contributed by atoms with Crippen molar-refractivity contribution in [1.29, 1.82) is 0 Å². The number of rotatable bonds is 5. The third kappa shape index (κ3) is 2.62. The van der Waals surface area contributed by atoms with Crippen LogP contribution in [0.3, 0.4) is 0 Å². The maximum absolute atomic E-state index is 10.9. The summed E-state index contributed by atoms with van der Waals surface area (Å²) in [5, 5.41) is 5.20. The third-order valence-electron chi connectivity index (χ3n) is 2.88. The average Bonchev–Trinajstić information content (AvgIpc) is 3.00. The Balaban J connectivity index is 1.56. The number of anilines is 1. The zero-order valence-electron chi connectivity index (χ0n) is 10.6. The number of primary amides is 1. The van der Waals surface area contributed by atoms with Crippen LogP contribution in [0.4, 0.5) is 5.82 Å². The molecule has 102 valence electrons. The zero-order valence-corrected chi connectivity index (χ0v) is 11.4. The fourth-order valence-corrected chi connectivity index (χ4v) is 2.58. The molecule has 3 aromatic heterocycles. The Hall–Kier alpha value is -2.41. The Labute approximate surface area is 119 Å². The van der Waals surface area contributed by atoms with Crippen molar-refractivity contribution in [2.24, 2.45) is 5.73 Å². The molecule has 0 spiro atoms. The van der Waals surface area contributed by atoms with E-state index in [0.717, 1.165) is 29.4 Å². The minimum atomic E-state index is -0.470. The summed E-state index contributed by atoms with van der Waals surface area (Å²) in [4.78, 5) is 20.6. The highest BCUT2D eigenvalue weighted by molar-refractivity contribution is 7.15. The van der Waals surface area contributed by atoms with Crippen LogP contribution in [0, 0.1) is 0 Å². The number of nitrogens with zero attached hydrogens (tertiary/aromatic N) is 3. The number of carbonyl (C=O) groups excluding carboxylic acids is 1. The number of carbonyl (C=O) groups is 1. The first-order valence-corrected chi connectivity index (χ1v) is 7.01. The van der Waals surface area contributed by atoms with Gasteiger partial charge in [0.05, 0.1) is 11.3 Å². The summed E-state index contributed by atoms with van der Waals surface area (Å²) in [6, 6.07) is 3.40. The Morgan fingerprint density at radius 3 is 3.05 bits per heavy atom. The highest BCUT2D eigenvalue weighted by atomic mass is 32.1. The molecule has 0 aliphatic carbocycles. The number of fused-ring (bicyclic) bond motifs is 1. The lowest BCUT2D eigenvalue weighted by molar-refractivity contribution is 0.1000. The molecule has 0 fully saturated rings. The van der Waals surface area contributed by atoms with Crippen molar-refractivity contribution in [3.63, 3.8) is 0 Å². The maximum Gasteiger partial charge on any atom is 0.250 e. The second-order valence-electron chi connectivity index (χ2n) is 4.30. The number of nitrogens with one attached hydrogen (secondary N) is 1. The SMILES string of the molecule is NC(=O)c1ccc(NCCc2cn3ccsc3n2)nc1. The van der Waals surface area contributed by atoms with Crippen molar-refractivity contribution in [3.05, 3.63) is 47.4 Å². The fourth-order valence-electron chi connectivity index (χ4n) is 1.86. The molecule has 0 aromatic carbocycles. The topological polar surface area (TPSA) is 85.3 Å². The maximum atomic E-state index is 10.9. The largest absolute Gasteiger partial charge is 0.370 e. The number of aromatic nitrogens is 3. The van der Waals surface area contributed by atoms with Crippen LogP contribution in [0.25, 0.3) is 4.96 Å². The Morgan fingerprint density at radius 2 is 2.35 bits per heavy atom. The molecule has 0 saturated heterocycles. The molecule has 3 rings (SSSR count). The van der Waals surface area contributed by atoms with Crippen molar-refractivity contribution in [2.75, 3.05) is 11.9 Å². The first kappa shape index (κ1) is 12.6. The predicted molar refractivity (Wildman–Crippen MR) is 78.0 cm³/mol. The summed E-state index contributed by atoms with van der Waals surface area (Å²) >= 11 is 1.62. The molecule has 20 heavy (non-hydrogen) atoms. The van der Waals surface area contributed by atoms with Crippen molar-refractivity contribution >= 4 is 28.0 Å². The van der Waals surface area contributed by atoms with Crippen molar-refractivity contribution in [1.82, 2.24) is 14.4 Å². The van der Waals surface area contributed by atoms with Crippen LogP contribution in [-0.4, -0.2) is 26.8 Å². The number of pyridine rings is 1. The molecule has 0 aliphatic heterocycles. The molecule has 0 radical (unpaired) electrons. The van der Waals surface area contributed by atoms with Crippen LogP contribution in [0.2, 0.25) is 0 Å². The summed E-state index contributed by atoms with van der Waals surface area (Å²) in [6.07, 6.45) is 6.30. The van der Waals surface area contributed by atoms with Gasteiger partial charge in [-0.2, -0.15) is 0 Å². The van der Waals surface area contributed by atoms with Gasteiger partial charge in [0.2, 0.25) is 5.91 Å². The highest BCUT2D eigenvalue weighted by Gasteiger charge is 2.03. The van der Waals surface area contributed by atoms with E-state index in [1.807, 2.05) is 22.2 Å². The van der Waals surface area contributed by atoms with Gasteiger partial charge in [-0.1, -0.05) is 0 Å². The minimum absolute atomic E-state index is 0.407. The van der Waals surface area contributed by atoms with Gasteiger partial charge in [0.1, 0.15) is 5.82 Å². The molecule has 6 nitrogen and oxygen atoms in total. The summed E-state index contributed by atoms with van der Waals surface area (Å²) in [7, 11) is 0. The monoisotopic (exact) mass is 287 g/mol. The van der Waals surface area contributed by atoms with Crippen molar-refractivity contribution in [3.8, 4) is 0 Å². The van der Waals surface area contributed by atoms with Gasteiger partial charge in [-0.15, -0.1) is 11.3 Å². The van der Waals surface area contributed by atoms with Gasteiger partial charge < -0.3 is 11.1 Å². The quantitative estimate of drug-likeness (QED) is 0.745. The summed E-state index contributed by atoms with van der Waals surface area (Å²) < 4.78 is 2.01. The summed E-state index contributed by atoms with van der Waals surface area (Å²) in [6.45, 7) is 0.730. The van der Waals surface area contributed by atoms with Crippen LogP contribution in [0.1, 0.15) is 16.1 Å². The van der Waals surface area contributed by atoms with E-state index < -0.39 is 5.91 Å². The van der Waals surface area contributed by atoms with Gasteiger partial charge in [0.25, 0.3) is 0 Å². The molecule has 7 heteroatoms. The molecule has 1 amide bonds. The molecule has 0 saturated carbocycles. The van der Waals surface area contributed by atoms with Gasteiger partial charge in [-0.05, 0) is 12.1 Å². The fraction of sp³-hybridized carbons (Fsp3) is 0.154. The van der Waals surface area contributed by atoms with Crippen molar-refractivity contribution < 1.29 is 4.79 Å². The summed E-state index contributed by atoms with van der Waals surface area (Å²) in [5.74, 6) is 0.248. The molecule has 0 atom stereocenters. The smallest absolute Gasteiger partial charge is 0.250 e. The van der Waals surface area contributed by atoms with E-state index in [2.05, 4.69) is 15.3 Å². The zero-order chi connectivity index (χ0) is 13.9. The van der Waals surface area contributed by atoms with E-state index >= 15 is 0 Å². The Bertz CT molecular complexity index is 702. The summed E-state index contributed by atoms with van der Waals surface area (Å²) in [5.41, 5.74) is 6.60. The molecule has 0 aliphatic rings. The molecular formula is C13H13N5OS. The first-order chi connectivity index (χ1) is 9.72. The lowest BCUT2D eigenvalue weighted by Gasteiger charge is -2.04. The van der Waals surface area contributed by atoms with E-state index in [4.69, 9.17) is 5.73 Å². The third-order valence-corrected chi connectivity index (χ3v) is 3.65. The van der Waals surface area contributed by atoms with Gasteiger partial charge in [-0.3, -0.25) is 9.20 Å². The van der Waals surface area contributed by atoms with E-state index in [9.17, 15) is 4.79 Å². The number of imidazole rings is 1. The second-order valence-corrected chi connectivity index (χ2v) is 5.17. The van der Waals surface area contributed by atoms with Gasteiger partial charge in [0, 0.05) is 36.9 Å². The van der Waals surface area contributed by atoms with Crippen LogP contribution in [0.5, 0.6) is 0 Å². The van der Waals surface area contributed by atoms with Crippen molar-refractivity contribution in [2.45, 2.75) is 6.42 Å². The second kappa shape index (κ2) is 5.30. The molecule has 0 unspecified atom stereocenters. The number of thiazole rings is 1. The normalized spacial score (nSPS) is 10.8. The standard InChI is InChI=1S/C13H13N5OS/c14-12(19)9-1-2-11(16-7-9)15-4-3-10-8-18-5-6-20-13(18)17-10/h1-2,5-8H,3-4H2,(H2,14,19)(H,15,16). The Kier molecular flexibility index (Phi) is 3.34. The van der Waals surface area contributed by atoms with Crippen LogP contribution in [-0.2, 0) is 6.42 Å². The van der Waals surface area contributed by atoms with Crippen LogP contribution < -0.4 is 11.1 Å². The Morgan fingerprint density at radius 1 is 1.45 bits per heavy atom. The number of nitrogens with two attached hydrogens (primary N) is 1. The number of hydrogen-bond acceptors (Lipinski definition) is 5. The number of hydrogen-bond donors (Lipinski definition) is 2.